The van der Waals surface area contributed by atoms with Gasteiger partial charge in [0, 0.05) is 16.7 Å². The van der Waals surface area contributed by atoms with E-state index in [0.29, 0.717) is 11.4 Å². The van der Waals surface area contributed by atoms with Crippen LogP contribution >= 0.6 is 11.6 Å². The number of hydrogen-bond donors (Lipinski definition) is 1. The predicted molar refractivity (Wildman–Crippen MR) is 137 cm³/mol. The maximum Gasteiger partial charge on any atom is 0.273 e. The number of nitro groups is 1. The van der Waals surface area contributed by atoms with Gasteiger partial charge in [-0.1, -0.05) is 23.7 Å². The zero-order valence-corrected chi connectivity index (χ0v) is 21.5. The van der Waals surface area contributed by atoms with Crippen molar-refractivity contribution in [2.45, 2.75) is 18.7 Å². The van der Waals surface area contributed by atoms with Crippen molar-refractivity contribution in [2.24, 2.45) is 0 Å². The SMILES string of the molecule is COc1ccc(C)cc1NC(=O)CN(c1cc(Cl)ccc1OC)S(=O)(=O)c1ccc(C)c([N+](=O)[O-])c1. The molecule has 36 heavy (non-hydrogen) atoms. The molecule has 0 bridgehead atoms. The summed E-state index contributed by atoms with van der Waals surface area (Å²) in [6, 6.07) is 13.0. The van der Waals surface area contributed by atoms with Gasteiger partial charge >= 0.3 is 0 Å². The molecule has 0 unspecified atom stereocenters. The number of methoxy groups -OCH3 is 2. The number of hydrogen-bond acceptors (Lipinski definition) is 7. The molecule has 190 valence electrons. The summed E-state index contributed by atoms with van der Waals surface area (Å²) in [5, 5.41) is 14.3. The van der Waals surface area contributed by atoms with Crippen LogP contribution in [0, 0.1) is 24.0 Å². The molecule has 1 N–H and O–H groups in total. The van der Waals surface area contributed by atoms with Crippen LogP contribution < -0.4 is 19.1 Å². The van der Waals surface area contributed by atoms with Gasteiger partial charge in [0.05, 0.1) is 35.4 Å². The number of ether oxygens (including phenoxy) is 2. The van der Waals surface area contributed by atoms with Crippen LogP contribution in [0.25, 0.3) is 0 Å². The van der Waals surface area contributed by atoms with Crippen molar-refractivity contribution >= 4 is 44.6 Å². The number of aryl methyl sites for hydroxylation is 2. The third-order valence-electron chi connectivity index (χ3n) is 5.29. The summed E-state index contributed by atoms with van der Waals surface area (Å²) >= 11 is 6.14. The second kappa shape index (κ2) is 10.8. The second-order valence-corrected chi connectivity index (χ2v) is 10.1. The van der Waals surface area contributed by atoms with E-state index in [1.165, 1.54) is 51.5 Å². The Morgan fingerprint density at radius 2 is 1.69 bits per heavy atom. The van der Waals surface area contributed by atoms with Gasteiger partial charge in [0.25, 0.3) is 15.7 Å². The summed E-state index contributed by atoms with van der Waals surface area (Å²) in [5.74, 6) is -0.172. The lowest BCUT2D eigenvalue weighted by atomic mass is 10.2. The van der Waals surface area contributed by atoms with Gasteiger partial charge in [-0.15, -0.1) is 0 Å². The molecule has 0 aromatic heterocycles. The van der Waals surface area contributed by atoms with Gasteiger partial charge < -0.3 is 14.8 Å². The van der Waals surface area contributed by atoms with E-state index in [4.69, 9.17) is 21.1 Å². The third-order valence-corrected chi connectivity index (χ3v) is 7.28. The largest absolute Gasteiger partial charge is 0.495 e. The second-order valence-electron chi connectivity index (χ2n) is 7.79. The van der Waals surface area contributed by atoms with Gasteiger partial charge in [-0.05, 0) is 55.8 Å². The van der Waals surface area contributed by atoms with Gasteiger partial charge in [-0.2, -0.15) is 0 Å². The number of carbonyl (C=O) groups excluding carboxylic acids is 1. The summed E-state index contributed by atoms with van der Waals surface area (Å²) in [6.07, 6.45) is 0. The van der Waals surface area contributed by atoms with Gasteiger partial charge in [0.2, 0.25) is 5.91 Å². The highest BCUT2D eigenvalue weighted by atomic mass is 35.5. The van der Waals surface area contributed by atoms with Crippen LogP contribution in [0.2, 0.25) is 5.02 Å². The maximum absolute atomic E-state index is 13.8. The molecule has 0 fully saturated rings. The van der Waals surface area contributed by atoms with Gasteiger partial charge in [0.1, 0.15) is 18.0 Å². The van der Waals surface area contributed by atoms with Gasteiger partial charge in [-0.3, -0.25) is 19.2 Å². The first-order valence-electron chi connectivity index (χ1n) is 10.5. The summed E-state index contributed by atoms with van der Waals surface area (Å²) in [6.45, 7) is 2.64. The summed E-state index contributed by atoms with van der Waals surface area (Å²) < 4.78 is 38.9. The zero-order chi connectivity index (χ0) is 26.6. The standard InChI is InChI=1S/C24H24ClN3O7S/c1-15-5-9-22(34-3)19(11-15)26-24(29)14-27(21-12-17(25)7-10-23(21)35-4)36(32,33)18-8-6-16(2)20(13-18)28(30)31/h5-13H,14H2,1-4H3,(H,26,29). The molecule has 0 heterocycles. The van der Waals surface area contributed by atoms with E-state index in [-0.39, 0.29) is 32.6 Å². The van der Waals surface area contributed by atoms with E-state index in [9.17, 15) is 23.3 Å². The molecule has 0 aliphatic rings. The maximum atomic E-state index is 13.8. The highest BCUT2D eigenvalue weighted by molar-refractivity contribution is 7.92. The van der Waals surface area contributed by atoms with Gasteiger partial charge in [0.15, 0.2) is 0 Å². The Morgan fingerprint density at radius 1 is 1.03 bits per heavy atom. The van der Waals surface area contributed by atoms with Crippen molar-refractivity contribution in [3.8, 4) is 11.5 Å². The fourth-order valence-electron chi connectivity index (χ4n) is 3.47. The number of benzene rings is 3. The lowest BCUT2D eigenvalue weighted by Crippen LogP contribution is -2.38. The van der Waals surface area contributed by atoms with Crippen LogP contribution in [0.4, 0.5) is 17.1 Å². The number of nitrogens with zero attached hydrogens (tertiary/aromatic N) is 2. The minimum Gasteiger partial charge on any atom is -0.495 e. The topological polar surface area (TPSA) is 128 Å². The number of sulfonamides is 1. The van der Waals surface area contributed by atoms with E-state index in [1.54, 1.807) is 18.2 Å². The zero-order valence-electron chi connectivity index (χ0n) is 19.9. The molecule has 10 nitrogen and oxygen atoms in total. The molecule has 3 rings (SSSR count). The lowest BCUT2D eigenvalue weighted by Gasteiger charge is -2.26. The van der Waals surface area contributed by atoms with Crippen LogP contribution in [0.15, 0.2) is 59.5 Å². The molecule has 0 spiro atoms. The van der Waals surface area contributed by atoms with E-state index in [2.05, 4.69) is 5.32 Å². The van der Waals surface area contributed by atoms with Crippen LogP contribution in [0.1, 0.15) is 11.1 Å². The highest BCUT2D eigenvalue weighted by Gasteiger charge is 2.31. The molecule has 0 radical (unpaired) electrons. The smallest absolute Gasteiger partial charge is 0.273 e. The third kappa shape index (κ3) is 5.69. The predicted octanol–water partition coefficient (Wildman–Crippen LogP) is 4.72. The molecule has 3 aromatic carbocycles. The number of nitro benzene ring substituents is 1. The number of anilines is 2. The molecular formula is C24H24ClN3O7S. The normalized spacial score (nSPS) is 11.0. The quantitative estimate of drug-likeness (QED) is 0.311. The first-order chi connectivity index (χ1) is 17.0. The van der Waals surface area contributed by atoms with Crippen molar-refractivity contribution in [1.29, 1.82) is 0 Å². The molecule has 0 aliphatic heterocycles. The van der Waals surface area contributed by atoms with Crippen LogP contribution in [0.3, 0.4) is 0 Å². The van der Waals surface area contributed by atoms with E-state index in [0.717, 1.165) is 15.9 Å². The molecule has 0 saturated carbocycles. The Morgan fingerprint density at radius 3 is 2.33 bits per heavy atom. The molecule has 0 aliphatic carbocycles. The Hall–Kier alpha value is -3.83. The number of rotatable bonds is 9. The lowest BCUT2D eigenvalue weighted by molar-refractivity contribution is -0.385. The van der Waals surface area contributed by atoms with Crippen LogP contribution in [0.5, 0.6) is 11.5 Å². The number of nitrogens with one attached hydrogen (secondary N) is 1. The van der Waals surface area contributed by atoms with Crippen molar-refractivity contribution in [1.82, 2.24) is 0 Å². The number of carbonyl (C=O) groups is 1. The summed E-state index contributed by atoms with van der Waals surface area (Å²) in [7, 11) is -1.71. The number of halogens is 1. The average Bonchev–Trinajstić information content (AvgIpc) is 2.82. The van der Waals surface area contributed by atoms with E-state index >= 15 is 0 Å². The Bertz CT molecular complexity index is 1430. The molecule has 3 aromatic rings. The van der Waals surface area contributed by atoms with Crippen molar-refractivity contribution in [3.05, 3.63) is 80.9 Å². The minimum absolute atomic E-state index is 0.0143. The van der Waals surface area contributed by atoms with Crippen LogP contribution in [-0.4, -0.2) is 40.0 Å². The first kappa shape index (κ1) is 26.8. The fourth-order valence-corrected chi connectivity index (χ4v) is 5.08. The van der Waals surface area contributed by atoms with Crippen molar-refractivity contribution in [3.63, 3.8) is 0 Å². The Balaban J connectivity index is 2.11. The fraction of sp³-hybridized carbons (Fsp3) is 0.208. The van der Waals surface area contributed by atoms with Crippen molar-refractivity contribution in [2.75, 3.05) is 30.4 Å². The molecule has 1 amide bonds. The minimum atomic E-state index is -4.49. The van der Waals surface area contributed by atoms with Crippen LogP contribution in [-0.2, 0) is 14.8 Å². The molecule has 12 heteroatoms. The molecule has 0 saturated heterocycles. The van der Waals surface area contributed by atoms with Gasteiger partial charge in [-0.25, -0.2) is 8.42 Å². The van der Waals surface area contributed by atoms with Crippen molar-refractivity contribution < 1.29 is 27.6 Å². The first-order valence-corrected chi connectivity index (χ1v) is 12.4. The number of amides is 1. The van der Waals surface area contributed by atoms with E-state index < -0.39 is 27.4 Å². The van der Waals surface area contributed by atoms with E-state index in [1.807, 2.05) is 6.92 Å². The Labute approximate surface area is 213 Å². The summed E-state index contributed by atoms with van der Waals surface area (Å²) in [4.78, 5) is 23.5. The monoisotopic (exact) mass is 533 g/mol. The molecule has 0 atom stereocenters. The Kier molecular flexibility index (Phi) is 8.06. The summed E-state index contributed by atoms with van der Waals surface area (Å²) in [5.41, 5.74) is 1.10. The molecular weight excluding hydrogens is 510 g/mol. The highest BCUT2D eigenvalue weighted by Crippen LogP contribution is 2.36. The average molecular weight is 534 g/mol.